The maximum Gasteiger partial charge on any atom is 0.229 e. The average molecular weight is 510 g/mol. The van der Waals surface area contributed by atoms with E-state index < -0.39 is 74.6 Å². The Morgan fingerprint density at radius 1 is 0.500 bits per heavy atom. The second-order valence-corrected chi connectivity index (χ2v) is 8.68. The van der Waals surface area contributed by atoms with Gasteiger partial charge in [0.25, 0.3) is 0 Å². The molecule has 0 radical (unpaired) electrons. The molecule has 2 aliphatic rings. The van der Waals surface area contributed by atoms with Crippen molar-refractivity contribution in [3.63, 3.8) is 0 Å². The van der Waals surface area contributed by atoms with Crippen molar-refractivity contribution in [3.8, 4) is 22.6 Å². The third kappa shape index (κ3) is 5.48. The smallest absolute Gasteiger partial charge is 0.229 e. The van der Waals surface area contributed by atoms with E-state index in [-0.39, 0.29) is 0 Å². The van der Waals surface area contributed by atoms with E-state index in [9.17, 15) is 40.9 Å². The fourth-order valence-electron chi connectivity index (χ4n) is 4.05. The lowest BCUT2D eigenvalue weighted by molar-refractivity contribution is -0.277. The molecule has 2 heterocycles. The molecule has 0 bridgehead atoms. The molecular formula is C24H30O12. The van der Waals surface area contributed by atoms with Crippen LogP contribution in [0.4, 0.5) is 0 Å². The molecule has 0 aromatic heterocycles. The third-order valence-corrected chi connectivity index (χ3v) is 6.24. The predicted molar refractivity (Wildman–Crippen MR) is 121 cm³/mol. The molecule has 2 fully saturated rings. The van der Waals surface area contributed by atoms with Gasteiger partial charge >= 0.3 is 0 Å². The van der Waals surface area contributed by atoms with Gasteiger partial charge in [-0.25, -0.2) is 0 Å². The van der Waals surface area contributed by atoms with Crippen LogP contribution in [0, 0.1) is 0 Å². The van der Waals surface area contributed by atoms with Crippen LogP contribution in [0.15, 0.2) is 48.5 Å². The van der Waals surface area contributed by atoms with E-state index in [4.69, 9.17) is 18.9 Å². The van der Waals surface area contributed by atoms with Crippen LogP contribution < -0.4 is 9.47 Å². The van der Waals surface area contributed by atoms with Crippen molar-refractivity contribution >= 4 is 0 Å². The highest BCUT2D eigenvalue weighted by molar-refractivity contribution is 5.64. The Kier molecular flexibility index (Phi) is 8.42. The number of hydrogen-bond donors (Lipinski definition) is 8. The highest BCUT2D eigenvalue weighted by Gasteiger charge is 2.45. The average Bonchev–Trinajstić information content (AvgIpc) is 2.90. The van der Waals surface area contributed by atoms with Crippen molar-refractivity contribution in [2.24, 2.45) is 0 Å². The summed E-state index contributed by atoms with van der Waals surface area (Å²) in [4.78, 5) is 0. The lowest BCUT2D eigenvalue weighted by Crippen LogP contribution is -2.60. The molecule has 0 unspecified atom stereocenters. The van der Waals surface area contributed by atoms with Crippen molar-refractivity contribution < 1.29 is 59.8 Å². The molecule has 4 rings (SSSR count). The first-order chi connectivity index (χ1) is 17.2. The quantitative estimate of drug-likeness (QED) is 0.199. The van der Waals surface area contributed by atoms with E-state index in [1.54, 1.807) is 48.5 Å². The van der Waals surface area contributed by atoms with Crippen LogP contribution in [-0.4, -0.2) is 115 Å². The summed E-state index contributed by atoms with van der Waals surface area (Å²) in [6.07, 6.45) is -13.8. The normalized spacial score (nSPS) is 36.9. The van der Waals surface area contributed by atoms with Crippen LogP contribution in [0.5, 0.6) is 11.5 Å². The van der Waals surface area contributed by atoms with Gasteiger partial charge in [-0.1, -0.05) is 24.3 Å². The third-order valence-electron chi connectivity index (χ3n) is 6.24. The van der Waals surface area contributed by atoms with Gasteiger partial charge in [0, 0.05) is 0 Å². The number of benzene rings is 2. The lowest BCUT2D eigenvalue weighted by atomic mass is 9.99. The van der Waals surface area contributed by atoms with Gasteiger partial charge in [-0.3, -0.25) is 0 Å². The van der Waals surface area contributed by atoms with E-state index in [0.29, 0.717) is 11.5 Å². The van der Waals surface area contributed by atoms with E-state index in [2.05, 4.69) is 0 Å². The van der Waals surface area contributed by atoms with Gasteiger partial charge in [0.1, 0.15) is 60.3 Å². The Bertz CT molecular complexity index is 887. The number of hydrogen-bond acceptors (Lipinski definition) is 12. The topological polar surface area (TPSA) is 199 Å². The maximum absolute atomic E-state index is 10.1. The second kappa shape index (κ2) is 11.4. The Morgan fingerprint density at radius 3 is 1.14 bits per heavy atom. The second-order valence-electron chi connectivity index (χ2n) is 8.68. The zero-order chi connectivity index (χ0) is 26.0. The molecule has 10 atom stereocenters. The molecule has 8 N–H and O–H groups in total. The minimum atomic E-state index is -1.54. The van der Waals surface area contributed by atoms with Gasteiger partial charge in [-0.05, 0) is 35.4 Å². The van der Waals surface area contributed by atoms with E-state index in [0.717, 1.165) is 11.1 Å². The van der Waals surface area contributed by atoms with Crippen molar-refractivity contribution in [3.05, 3.63) is 48.5 Å². The van der Waals surface area contributed by atoms with Crippen LogP contribution in [0.3, 0.4) is 0 Å². The zero-order valence-electron chi connectivity index (χ0n) is 19.0. The summed E-state index contributed by atoms with van der Waals surface area (Å²) in [6.45, 7) is -1.11. The number of rotatable bonds is 7. The number of aliphatic hydroxyl groups is 8. The van der Waals surface area contributed by atoms with Gasteiger partial charge in [-0.15, -0.1) is 0 Å². The van der Waals surface area contributed by atoms with Crippen molar-refractivity contribution in [2.45, 2.75) is 61.4 Å². The van der Waals surface area contributed by atoms with Crippen LogP contribution in [0.2, 0.25) is 0 Å². The molecule has 12 heteroatoms. The standard InChI is InChI=1S/C24H30O12/c25-9-15-17(27)19(29)21(31)23(35-15)33-13-5-1-11(2-6-13)12-3-7-14(8-4-12)34-24-22(32)20(30)18(28)16(10-26)36-24/h1-8,15-32H,9-10H2/t15-,16-,17-,18-,19+,20+,21+,22+,23+,24+/m1/s1. The fraction of sp³-hybridized carbons (Fsp3) is 0.500. The lowest BCUT2D eigenvalue weighted by Gasteiger charge is -2.39. The van der Waals surface area contributed by atoms with Crippen molar-refractivity contribution in [1.82, 2.24) is 0 Å². The minimum Gasteiger partial charge on any atom is -0.462 e. The molecule has 2 aromatic rings. The molecule has 36 heavy (non-hydrogen) atoms. The molecule has 198 valence electrons. The van der Waals surface area contributed by atoms with Crippen molar-refractivity contribution in [2.75, 3.05) is 13.2 Å². The summed E-state index contributed by atoms with van der Waals surface area (Å²) < 4.78 is 21.9. The minimum absolute atomic E-state index is 0.325. The summed E-state index contributed by atoms with van der Waals surface area (Å²) in [6, 6.07) is 13.5. The summed E-state index contributed by atoms with van der Waals surface area (Å²) in [5.41, 5.74) is 1.60. The van der Waals surface area contributed by atoms with Crippen LogP contribution >= 0.6 is 0 Å². The summed E-state index contributed by atoms with van der Waals surface area (Å²) in [7, 11) is 0. The van der Waals surface area contributed by atoms with Crippen LogP contribution in [0.1, 0.15) is 0 Å². The van der Waals surface area contributed by atoms with Gasteiger partial charge in [0.15, 0.2) is 0 Å². The van der Waals surface area contributed by atoms with E-state index in [1.807, 2.05) is 0 Å². The van der Waals surface area contributed by atoms with Gasteiger partial charge < -0.3 is 59.8 Å². The molecule has 0 saturated carbocycles. The Balaban J connectivity index is 1.38. The molecular weight excluding hydrogens is 480 g/mol. The highest BCUT2D eigenvalue weighted by Crippen LogP contribution is 2.29. The molecule has 12 nitrogen and oxygen atoms in total. The first-order valence-electron chi connectivity index (χ1n) is 11.4. The number of ether oxygens (including phenoxy) is 4. The van der Waals surface area contributed by atoms with Crippen LogP contribution in [0.25, 0.3) is 11.1 Å². The first-order valence-corrected chi connectivity index (χ1v) is 11.4. The summed E-state index contributed by atoms with van der Waals surface area (Å²) in [5.74, 6) is 0.649. The van der Waals surface area contributed by atoms with Gasteiger partial charge in [0.2, 0.25) is 12.6 Å². The zero-order valence-corrected chi connectivity index (χ0v) is 19.0. The maximum atomic E-state index is 10.1. The summed E-state index contributed by atoms with van der Waals surface area (Å²) >= 11 is 0. The largest absolute Gasteiger partial charge is 0.462 e. The summed E-state index contributed by atoms with van der Waals surface area (Å²) in [5, 5.41) is 78.3. The Morgan fingerprint density at radius 2 is 0.833 bits per heavy atom. The van der Waals surface area contributed by atoms with Gasteiger partial charge in [0.05, 0.1) is 13.2 Å². The molecule has 0 amide bonds. The van der Waals surface area contributed by atoms with Crippen molar-refractivity contribution in [1.29, 1.82) is 0 Å². The first kappa shape index (κ1) is 26.7. The van der Waals surface area contributed by atoms with E-state index >= 15 is 0 Å². The Labute approximate surface area is 206 Å². The SMILES string of the molecule is OC[C@H]1O[C@H](Oc2ccc(-c3ccc(O[C@H]4O[C@H](CO)[C@@H](O)[C@H](O)[C@@H]4O)cc3)cc2)[C@@H](O)[C@@H](O)[C@@H]1O. The predicted octanol–water partition coefficient (Wildman–Crippen LogP) is -2.29. The monoisotopic (exact) mass is 510 g/mol. The molecule has 2 aromatic carbocycles. The highest BCUT2D eigenvalue weighted by atomic mass is 16.7. The van der Waals surface area contributed by atoms with Gasteiger partial charge in [-0.2, -0.15) is 0 Å². The fourth-order valence-corrected chi connectivity index (χ4v) is 4.05. The Hall–Kier alpha value is -2.36. The molecule has 0 aliphatic carbocycles. The molecule has 2 aliphatic heterocycles. The molecule has 0 spiro atoms. The molecule has 2 saturated heterocycles. The van der Waals surface area contributed by atoms with Crippen LogP contribution in [-0.2, 0) is 9.47 Å². The van der Waals surface area contributed by atoms with E-state index in [1.165, 1.54) is 0 Å². The number of aliphatic hydroxyl groups excluding tert-OH is 8.